The molecule has 1 amide bonds. The summed E-state index contributed by atoms with van der Waals surface area (Å²) in [5, 5.41) is 16.2. The highest BCUT2D eigenvalue weighted by atomic mass is 32.2. The van der Waals surface area contributed by atoms with Gasteiger partial charge in [-0.1, -0.05) is 42.5 Å². The maximum atomic E-state index is 12.3. The summed E-state index contributed by atoms with van der Waals surface area (Å²) in [6.45, 7) is 0.325. The number of thioether (sulfide) groups is 2. The highest BCUT2D eigenvalue weighted by Gasteiger charge is 2.18. The fraction of sp³-hybridized carbons (Fsp3) is 0.185. The Morgan fingerprint density at radius 3 is 2.68 bits per heavy atom. The van der Waals surface area contributed by atoms with Crippen molar-refractivity contribution in [2.24, 2.45) is 5.10 Å². The van der Waals surface area contributed by atoms with Crippen LogP contribution < -0.4 is 10.2 Å². The van der Waals surface area contributed by atoms with Gasteiger partial charge in [0.15, 0.2) is 6.61 Å². The van der Waals surface area contributed by atoms with Crippen LogP contribution in [0.15, 0.2) is 84.1 Å². The monoisotopic (exact) mass is 532 g/mol. The number of carbonyl (C=O) groups is 1. The lowest BCUT2D eigenvalue weighted by Crippen LogP contribution is -2.24. The number of nitro benzene ring substituents is 1. The zero-order chi connectivity index (χ0) is 25.6. The molecule has 1 aliphatic heterocycles. The molecule has 0 bridgehead atoms. The van der Waals surface area contributed by atoms with Crippen molar-refractivity contribution < 1.29 is 14.5 Å². The summed E-state index contributed by atoms with van der Waals surface area (Å²) < 4.78 is 8.09. The Morgan fingerprint density at radius 1 is 1.11 bits per heavy atom. The number of nitro groups is 1. The molecule has 0 radical (unpaired) electrons. The van der Waals surface area contributed by atoms with Crippen LogP contribution in [0.5, 0.6) is 5.75 Å². The first-order valence-corrected chi connectivity index (χ1v) is 13.8. The molecule has 1 aliphatic rings. The lowest BCUT2D eigenvalue weighted by atomic mass is 10.2. The van der Waals surface area contributed by atoms with Crippen LogP contribution in [0.4, 0.5) is 5.69 Å². The molecule has 3 aromatic carbocycles. The van der Waals surface area contributed by atoms with Crippen molar-refractivity contribution in [3.63, 3.8) is 0 Å². The number of amides is 1. The standard InChI is InChI=1S/C27H24N4O4S2/c32-26(18-35-23-10-8-20(9-11-23)27-36-12-13-37-27)29-28-15-21-17-30(25-7-2-1-6-24(21)25)16-19-4-3-5-22(14-19)31(33)34/h1-11,14-15,17,27H,12-13,16,18H2,(H,29,32)/b28-15-. The SMILES string of the molecule is O=C(COc1ccc(C2SCCS2)cc1)N/N=C\c1cn(Cc2cccc([N+](=O)[O-])c2)c2ccccc12. The average Bonchev–Trinajstić information content (AvgIpc) is 3.57. The van der Waals surface area contributed by atoms with Crippen LogP contribution in [-0.2, 0) is 11.3 Å². The molecular formula is C27H24N4O4S2. The molecule has 0 aliphatic carbocycles. The van der Waals surface area contributed by atoms with Crippen molar-refractivity contribution in [3.05, 3.63) is 106 Å². The first-order chi connectivity index (χ1) is 18.1. The Morgan fingerprint density at radius 2 is 1.89 bits per heavy atom. The third-order valence-corrected chi connectivity index (χ3v) is 8.93. The van der Waals surface area contributed by atoms with E-state index in [-0.39, 0.29) is 18.2 Å². The summed E-state index contributed by atoms with van der Waals surface area (Å²) >= 11 is 3.89. The van der Waals surface area contributed by atoms with Gasteiger partial charge in [-0.25, -0.2) is 5.43 Å². The second-order valence-corrected chi connectivity index (χ2v) is 11.1. The summed E-state index contributed by atoms with van der Waals surface area (Å²) in [6, 6.07) is 22.3. The van der Waals surface area contributed by atoms with Gasteiger partial charge in [0, 0.05) is 52.8 Å². The minimum Gasteiger partial charge on any atom is -0.484 e. The van der Waals surface area contributed by atoms with E-state index in [0.29, 0.717) is 16.9 Å². The fourth-order valence-electron chi connectivity index (χ4n) is 4.10. The third-order valence-electron chi connectivity index (χ3n) is 5.83. The fourth-order valence-corrected chi connectivity index (χ4v) is 6.96. The molecule has 37 heavy (non-hydrogen) atoms. The lowest BCUT2D eigenvalue weighted by molar-refractivity contribution is -0.384. The van der Waals surface area contributed by atoms with Crippen molar-refractivity contribution in [1.82, 2.24) is 9.99 Å². The summed E-state index contributed by atoms with van der Waals surface area (Å²) in [5.41, 5.74) is 6.44. The van der Waals surface area contributed by atoms with Crippen LogP contribution in [0.3, 0.4) is 0 Å². The molecule has 0 saturated carbocycles. The van der Waals surface area contributed by atoms with E-state index in [0.717, 1.165) is 22.0 Å². The number of nitrogens with one attached hydrogen (secondary N) is 1. The molecule has 1 saturated heterocycles. The molecule has 10 heteroatoms. The van der Waals surface area contributed by atoms with Gasteiger partial charge < -0.3 is 9.30 Å². The largest absolute Gasteiger partial charge is 0.484 e. The molecule has 5 rings (SSSR count). The number of nitrogens with zero attached hydrogens (tertiary/aromatic N) is 3. The molecular weight excluding hydrogens is 508 g/mol. The summed E-state index contributed by atoms with van der Waals surface area (Å²) in [4.78, 5) is 23.0. The third kappa shape index (κ3) is 6.15. The van der Waals surface area contributed by atoms with Gasteiger partial charge in [0.2, 0.25) is 0 Å². The van der Waals surface area contributed by atoms with E-state index in [1.54, 1.807) is 18.3 Å². The smallest absolute Gasteiger partial charge is 0.277 e. The number of benzene rings is 3. The second kappa shape index (κ2) is 11.5. The number of hydrogen-bond acceptors (Lipinski definition) is 7. The van der Waals surface area contributed by atoms with E-state index < -0.39 is 4.92 Å². The van der Waals surface area contributed by atoms with Gasteiger partial charge in [-0.15, -0.1) is 23.5 Å². The van der Waals surface area contributed by atoms with E-state index in [1.807, 2.05) is 88.9 Å². The zero-order valence-corrected chi connectivity index (χ0v) is 21.4. The number of hydrazone groups is 1. The summed E-state index contributed by atoms with van der Waals surface area (Å²) in [7, 11) is 0. The Balaban J connectivity index is 1.20. The second-order valence-electron chi connectivity index (χ2n) is 8.38. The predicted molar refractivity (Wildman–Crippen MR) is 149 cm³/mol. The molecule has 0 unspecified atom stereocenters. The number of para-hydroxylation sites is 1. The number of aromatic nitrogens is 1. The van der Waals surface area contributed by atoms with Gasteiger partial charge >= 0.3 is 0 Å². The van der Waals surface area contributed by atoms with E-state index in [2.05, 4.69) is 10.5 Å². The minimum absolute atomic E-state index is 0.0587. The topological polar surface area (TPSA) is 98.8 Å². The van der Waals surface area contributed by atoms with Crippen LogP contribution in [0.25, 0.3) is 10.9 Å². The first-order valence-electron chi connectivity index (χ1n) is 11.7. The molecule has 188 valence electrons. The molecule has 1 aromatic heterocycles. The molecule has 1 N–H and O–H groups in total. The van der Waals surface area contributed by atoms with Crippen molar-refractivity contribution >= 4 is 52.2 Å². The number of rotatable bonds is 9. The number of ether oxygens (including phenoxy) is 1. The van der Waals surface area contributed by atoms with Gasteiger partial charge in [-0.3, -0.25) is 14.9 Å². The Bertz CT molecular complexity index is 1450. The van der Waals surface area contributed by atoms with Gasteiger partial charge in [-0.2, -0.15) is 5.10 Å². The Kier molecular flexibility index (Phi) is 7.76. The van der Waals surface area contributed by atoms with Crippen molar-refractivity contribution in [1.29, 1.82) is 0 Å². The molecule has 1 fully saturated rings. The van der Waals surface area contributed by atoms with Crippen molar-refractivity contribution in [2.45, 2.75) is 11.1 Å². The minimum atomic E-state index is -0.397. The number of hydrogen-bond donors (Lipinski definition) is 1. The van der Waals surface area contributed by atoms with Gasteiger partial charge in [0.25, 0.3) is 11.6 Å². The maximum absolute atomic E-state index is 12.3. The van der Waals surface area contributed by atoms with E-state index in [9.17, 15) is 14.9 Å². The zero-order valence-electron chi connectivity index (χ0n) is 19.8. The lowest BCUT2D eigenvalue weighted by Gasteiger charge is -2.10. The summed E-state index contributed by atoms with van der Waals surface area (Å²) in [5.74, 6) is 2.63. The normalized spacial score (nSPS) is 13.8. The molecule has 0 spiro atoms. The highest BCUT2D eigenvalue weighted by Crippen LogP contribution is 2.45. The van der Waals surface area contributed by atoms with Crippen LogP contribution in [0.2, 0.25) is 0 Å². The molecule has 4 aromatic rings. The number of carbonyl (C=O) groups excluding carboxylic acids is 1. The quantitative estimate of drug-likeness (QED) is 0.171. The van der Waals surface area contributed by atoms with Crippen LogP contribution in [0.1, 0.15) is 21.3 Å². The summed E-state index contributed by atoms with van der Waals surface area (Å²) in [6.07, 6.45) is 3.51. The number of non-ortho nitro benzene ring substituents is 1. The van der Waals surface area contributed by atoms with Gasteiger partial charge in [0.1, 0.15) is 5.75 Å². The van der Waals surface area contributed by atoms with Crippen LogP contribution >= 0.6 is 23.5 Å². The molecule has 2 heterocycles. The van der Waals surface area contributed by atoms with Gasteiger partial charge in [0.05, 0.1) is 15.7 Å². The predicted octanol–water partition coefficient (Wildman–Crippen LogP) is 5.61. The van der Waals surface area contributed by atoms with E-state index >= 15 is 0 Å². The van der Waals surface area contributed by atoms with Crippen LogP contribution in [-0.4, -0.2) is 39.7 Å². The van der Waals surface area contributed by atoms with Gasteiger partial charge in [-0.05, 0) is 29.3 Å². The average molecular weight is 533 g/mol. The number of fused-ring (bicyclic) bond motifs is 1. The van der Waals surface area contributed by atoms with Crippen molar-refractivity contribution in [3.8, 4) is 5.75 Å². The Labute approximate surface area is 222 Å². The first kappa shape index (κ1) is 24.9. The maximum Gasteiger partial charge on any atom is 0.277 e. The van der Waals surface area contributed by atoms with Crippen LogP contribution in [0, 0.1) is 10.1 Å². The van der Waals surface area contributed by atoms with E-state index in [4.69, 9.17) is 4.74 Å². The highest BCUT2D eigenvalue weighted by molar-refractivity contribution is 8.19. The Hall–Kier alpha value is -3.76. The molecule has 0 atom stereocenters. The van der Waals surface area contributed by atoms with Crippen molar-refractivity contribution in [2.75, 3.05) is 18.1 Å². The molecule has 8 nitrogen and oxygen atoms in total. The van der Waals surface area contributed by atoms with E-state index in [1.165, 1.54) is 23.1 Å².